The fourth-order valence-electron chi connectivity index (χ4n) is 4.55. The zero-order valence-electron chi connectivity index (χ0n) is 16.8. The molecule has 0 bridgehead atoms. The minimum atomic E-state index is 0.884. The van der Waals surface area contributed by atoms with E-state index in [9.17, 15) is 0 Å². The first-order chi connectivity index (χ1) is 13.1. The van der Waals surface area contributed by atoms with Crippen molar-refractivity contribution in [3.63, 3.8) is 0 Å². The summed E-state index contributed by atoms with van der Waals surface area (Å²) in [6.45, 7) is 4.57. The van der Waals surface area contributed by atoms with Crippen LogP contribution in [0.25, 0.3) is 22.4 Å². The second-order valence-electron chi connectivity index (χ2n) is 8.41. The van der Waals surface area contributed by atoms with E-state index in [-0.39, 0.29) is 0 Å². The molecule has 0 amide bonds. The van der Waals surface area contributed by atoms with Crippen molar-refractivity contribution >= 4 is 0 Å². The van der Waals surface area contributed by atoms with Crippen LogP contribution in [-0.4, -0.2) is 0 Å². The number of nitrogens with zero attached hydrogens (tertiary/aromatic N) is 1. The Morgan fingerprint density at radius 3 is 2.41 bits per heavy atom. The Labute approximate surface area is 163 Å². The molecule has 0 N–H and O–H groups in total. The molecule has 2 unspecified atom stereocenters. The predicted molar refractivity (Wildman–Crippen MR) is 113 cm³/mol. The van der Waals surface area contributed by atoms with Gasteiger partial charge in [-0.05, 0) is 66.3 Å². The Morgan fingerprint density at radius 2 is 1.70 bits per heavy atom. The van der Waals surface area contributed by atoms with Crippen molar-refractivity contribution in [2.75, 3.05) is 0 Å². The lowest BCUT2D eigenvalue weighted by Gasteiger charge is -2.11. The zero-order valence-corrected chi connectivity index (χ0v) is 16.8. The summed E-state index contributed by atoms with van der Waals surface area (Å²) in [6, 6.07) is 22.4. The number of rotatable bonds is 4. The van der Waals surface area contributed by atoms with Gasteiger partial charge in [0.1, 0.15) is 7.05 Å². The smallest absolute Gasteiger partial charge is 0.201 e. The van der Waals surface area contributed by atoms with Gasteiger partial charge < -0.3 is 0 Å². The number of aryl methyl sites for hydroxylation is 2. The summed E-state index contributed by atoms with van der Waals surface area (Å²) < 4.78 is 2.21. The summed E-state index contributed by atoms with van der Waals surface area (Å²) in [7, 11) is 2.12. The summed E-state index contributed by atoms with van der Waals surface area (Å²) in [4.78, 5) is 0. The van der Waals surface area contributed by atoms with Crippen molar-refractivity contribution in [1.82, 2.24) is 0 Å². The molecule has 2 atom stereocenters. The van der Waals surface area contributed by atoms with Gasteiger partial charge >= 0.3 is 0 Å². The van der Waals surface area contributed by atoms with Crippen molar-refractivity contribution in [1.29, 1.82) is 0 Å². The molecular formula is C26H30N+. The highest BCUT2D eigenvalue weighted by Crippen LogP contribution is 2.33. The van der Waals surface area contributed by atoms with Gasteiger partial charge in [-0.15, -0.1) is 0 Å². The lowest BCUT2D eigenvalue weighted by molar-refractivity contribution is -0.660. The van der Waals surface area contributed by atoms with E-state index in [0.717, 1.165) is 11.8 Å². The number of pyridine rings is 1. The summed E-state index contributed by atoms with van der Waals surface area (Å²) in [5.41, 5.74) is 7.94. The quantitative estimate of drug-likeness (QED) is 0.495. The highest BCUT2D eigenvalue weighted by molar-refractivity contribution is 5.70. The van der Waals surface area contributed by atoms with Crippen molar-refractivity contribution in [3.05, 3.63) is 78.0 Å². The molecule has 1 saturated carbocycles. The lowest BCUT2D eigenvalue weighted by Crippen LogP contribution is -2.30. The van der Waals surface area contributed by atoms with Crippen LogP contribution in [0.15, 0.2) is 66.9 Å². The van der Waals surface area contributed by atoms with E-state index in [1.54, 1.807) is 0 Å². The van der Waals surface area contributed by atoms with Crippen LogP contribution in [-0.2, 0) is 13.5 Å². The zero-order chi connectivity index (χ0) is 18.8. The lowest BCUT2D eigenvalue weighted by atomic mass is 9.95. The van der Waals surface area contributed by atoms with Gasteiger partial charge in [0.2, 0.25) is 5.69 Å². The Kier molecular flexibility index (Phi) is 5.11. The van der Waals surface area contributed by atoms with Gasteiger partial charge in [0.15, 0.2) is 6.20 Å². The molecule has 2 aromatic carbocycles. The summed E-state index contributed by atoms with van der Waals surface area (Å²) in [6.07, 6.45) is 7.62. The molecule has 1 heterocycles. The molecule has 27 heavy (non-hydrogen) atoms. The number of hydrogen-bond donors (Lipinski definition) is 0. The third kappa shape index (κ3) is 3.98. The molecule has 1 aliphatic carbocycles. The molecule has 1 heteroatoms. The van der Waals surface area contributed by atoms with Gasteiger partial charge in [-0.1, -0.05) is 55.8 Å². The van der Waals surface area contributed by atoms with E-state index in [0.29, 0.717) is 0 Å². The van der Waals surface area contributed by atoms with Crippen LogP contribution in [0.1, 0.15) is 37.3 Å². The van der Waals surface area contributed by atoms with Crippen molar-refractivity contribution in [2.24, 2.45) is 18.9 Å². The normalized spacial score (nSPS) is 19.4. The first kappa shape index (κ1) is 18.0. The Bertz CT molecular complexity index is 923. The van der Waals surface area contributed by atoms with E-state index in [1.165, 1.54) is 59.2 Å². The minimum absolute atomic E-state index is 0.884. The third-order valence-corrected chi connectivity index (χ3v) is 6.19. The van der Waals surface area contributed by atoms with Crippen molar-refractivity contribution < 1.29 is 4.57 Å². The number of hydrogen-bond acceptors (Lipinski definition) is 0. The maximum absolute atomic E-state index is 2.39. The number of aromatic nitrogens is 1. The summed E-state index contributed by atoms with van der Waals surface area (Å²) >= 11 is 0. The van der Waals surface area contributed by atoms with Gasteiger partial charge in [-0.2, -0.15) is 0 Å². The SMILES string of the molecule is Cc1ccccc1-c1cc(-c2ccc(CC3CCC(C)C3)cc2)cc[n+]1C. The molecule has 138 valence electrons. The molecular weight excluding hydrogens is 326 g/mol. The number of benzene rings is 2. The summed E-state index contributed by atoms with van der Waals surface area (Å²) in [5.74, 6) is 1.80. The van der Waals surface area contributed by atoms with Crippen molar-refractivity contribution in [2.45, 2.75) is 39.5 Å². The van der Waals surface area contributed by atoms with Crippen LogP contribution >= 0.6 is 0 Å². The first-order valence-corrected chi connectivity index (χ1v) is 10.2. The molecule has 0 spiro atoms. The largest absolute Gasteiger partial charge is 0.213 e. The van der Waals surface area contributed by atoms with Gasteiger partial charge in [0.05, 0.1) is 0 Å². The highest BCUT2D eigenvalue weighted by Gasteiger charge is 2.21. The van der Waals surface area contributed by atoms with Crippen molar-refractivity contribution in [3.8, 4) is 22.4 Å². The average molecular weight is 357 g/mol. The second kappa shape index (κ2) is 7.68. The molecule has 1 fully saturated rings. The third-order valence-electron chi connectivity index (χ3n) is 6.19. The van der Waals surface area contributed by atoms with E-state index in [1.807, 2.05) is 0 Å². The summed E-state index contributed by atoms with van der Waals surface area (Å²) in [5, 5.41) is 0. The van der Waals surface area contributed by atoms with E-state index in [4.69, 9.17) is 0 Å². The van der Waals surface area contributed by atoms with E-state index < -0.39 is 0 Å². The maximum atomic E-state index is 2.39. The van der Waals surface area contributed by atoms with Crippen LogP contribution in [0.2, 0.25) is 0 Å². The molecule has 0 saturated heterocycles. The Hall–Kier alpha value is -2.41. The van der Waals surface area contributed by atoms with Crippen LogP contribution < -0.4 is 4.57 Å². The standard InChI is InChI=1S/C26H30N/c1-19-8-9-22(16-19)17-21-10-12-23(13-11-21)24-14-15-27(3)26(18-24)25-7-5-4-6-20(25)2/h4-7,10-15,18-19,22H,8-9,16-17H2,1-3H3/q+1. The molecule has 0 radical (unpaired) electrons. The van der Waals surface area contributed by atoms with E-state index in [2.05, 4.69) is 92.3 Å². The van der Waals surface area contributed by atoms with Crippen LogP contribution in [0.5, 0.6) is 0 Å². The van der Waals surface area contributed by atoms with Crippen LogP contribution in [0.3, 0.4) is 0 Å². The maximum Gasteiger partial charge on any atom is 0.213 e. The fourth-order valence-corrected chi connectivity index (χ4v) is 4.55. The topological polar surface area (TPSA) is 3.88 Å². The molecule has 1 nitrogen and oxygen atoms in total. The molecule has 1 aliphatic rings. The Balaban J connectivity index is 1.58. The molecule has 0 aliphatic heterocycles. The van der Waals surface area contributed by atoms with Crippen LogP contribution in [0.4, 0.5) is 0 Å². The molecule has 1 aromatic heterocycles. The second-order valence-corrected chi connectivity index (χ2v) is 8.41. The van der Waals surface area contributed by atoms with Gasteiger partial charge in [-0.3, -0.25) is 0 Å². The van der Waals surface area contributed by atoms with Crippen LogP contribution in [0, 0.1) is 18.8 Å². The van der Waals surface area contributed by atoms with E-state index >= 15 is 0 Å². The highest BCUT2D eigenvalue weighted by atomic mass is 14.9. The fraction of sp³-hybridized carbons (Fsp3) is 0.346. The minimum Gasteiger partial charge on any atom is -0.201 e. The predicted octanol–water partition coefficient (Wildman–Crippen LogP) is 6.13. The molecule has 4 rings (SSSR count). The van der Waals surface area contributed by atoms with Gasteiger partial charge in [0.25, 0.3) is 0 Å². The van der Waals surface area contributed by atoms with Gasteiger partial charge in [-0.25, -0.2) is 4.57 Å². The monoisotopic (exact) mass is 356 g/mol. The Morgan fingerprint density at radius 1 is 0.926 bits per heavy atom. The molecule has 3 aromatic rings. The average Bonchev–Trinajstić information content (AvgIpc) is 3.08. The first-order valence-electron chi connectivity index (χ1n) is 10.2. The van der Waals surface area contributed by atoms with Gasteiger partial charge in [0, 0.05) is 17.7 Å².